The number of aromatic nitrogens is 3. The normalized spacial score (nSPS) is 18.1. The van der Waals surface area contributed by atoms with E-state index in [1.165, 1.54) is 0 Å². The first-order chi connectivity index (χ1) is 14.3. The standard InChI is InChI=1S/C20H28N8O/c1-21-19(27-7-9-28(10-8-27)20-22-5-2-6-23-20)25-16-17-3-4-18(24-15-17)26-11-13-29-14-12-26/h2-6,15H,7-14,16H2,1H3,(H,21,25). The Morgan fingerprint density at radius 3 is 2.41 bits per heavy atom. The van der Waals surface area contributed by atoms with Crippen molar-refractivity contribution in [3.8, 4) is 0 Å². The summed E-state index contributed by atoms with van der Waals surface area (Å²) in [5.74, 6) is 2.72. The first kappa shape index (κ1) is 19.4. The summed E-state index contributed by atoms with van der Waals surface area (Å²) in [6.45, 7) is 7.55. The van der Waals surface area contributed by atoms with Crippen LogP contribution in [0.3, 0.4) is 0 Å². The predicted octanol–water partition coefficient (Wildman–Crippen LogP) is 0.606. The Morgan fingerprint density at radius 2 is 1.76 bits per heavy atom. The Kier molecular flexibility index (Phi) is 6.35. The maximum absolute atomic E-state index is 5.40. The van der Waals surface area contributed by atoms with Crippen LogP contribution in [-0.4, -0.2) is 85.3 Å². The molecule has 0 unspecified atom stereocenters. The SMILES string of the molecule is CN=C(NCc1ccc(N2CCOCC2)nc1)N1CCN(c2ncccn2)CC1. The number of hydrogen-bond acceptors (Lipinski definition) is 7. The van der Waals surface area contributed by atoms with Gasteiger partial charge < -0.3 is 24.8 Å². The van der Waals surface area contributed by atoms with Gasteiger partial charge in [0.1, 0.15) is 5.82 Å². The Labute approximate surface area is 171 Å². The van der Waals surface area contributed by atoms with Gasteiger partial charge in [-0.2, -0.15) is 0 Å². The number of pyridine rings is 1. The molecule has 0 spiro atoms. The number of aliphatic imine (C=N–C) groups is 1. The first-order valence-electron chi connectivity index (χ1n) is 10.1. The molecule has 0 aromatic carbocycles. The van der Waals surface area contributed by atoms with Crippen LogP contribution in [0.15, 0.2) is 41.8 Å². The molecule has 0 bridgehead atoms. The molecule has 0 aliphatic carbocycles. The summed E-state index contributed by atoms with van der Waals surface area (Å²) in [7, 11) is 1.83. The fourth-order valence-electron chi connectivity index (χ4n) is 3.59. The molecule has 0 amide bonds. The summed E-state index contributed by atoms with van der Waals surface area (Å²) in [5, 5.41) is 3.46. The number of hydrogen-bond donors (Lipinski definition) is 1. The van der Waals surface area contributed by atoms with Gasteiger partial charge in [-0.15, -0.1) is 0 Å². The van der Waals surface area contributed by atoms with Crippen LogP contribution in [0.2, 0.25) is 0 Å². The highest BCUT2D eigenvalue weighted by Crippen LogP contribution is 2.13. The first-order valence-corrected chi connectivity index (χ1v) is 10.1. The van der Waals surface area contributed by atoms with E-state index < -0.39 is 0 Å². The van der Waals surface area contributed by atoms with Crippen molar-refractivity contribution >= 4 is 17.7 Å². The minimum Gasteiger partial charge on any atom is -0.378 e. The molecule has 2 saturated heterocycles. The number of guanidine groups is 1. The lowest BCUT2D eigenvalue weighted by atomic mass is 10.2. The van der Waals surface area contributed by atoms with Crippen LogP contribution in [0.4, 0.5) is 11.8 Å². The number of ether oxygens (including phenoxy) is 1. The van der Waals surface area contributed by atoms with Gasteiger partial charge in [0.15, 0.2) is 5.96 Å². The average Bonchev–Trinajstić information content (AvgIpc) is 2.81. The van der Waals surface area contributed by atoms with Gasteiger partial charge in [0.2, 0.25) is 5.95 Å². The second-order valence-electron chi connectivity index (χ2n) is 7.05. The molecule has 9 nitrogen and oxygen atoms in total. The van der Waals surface area contributed by atoms with Crippen LogP contribution in [0.1, 0.15) is 5.56 Å². The number of anilines is 2. The molecular weight excluding hydrogens is 368 g/mol. The van der Waals surface area contributed by atoms with Crippen molar-refractivity contribution in [3.63, 3.8) is 0 Å². The lowest BCUT2D eigenvalue weighted by molar-refractivity contribution is 0.122. The van der Waals surface area contributed by atoms with E-state index in [-0.39, 0.29) is 0 Å². The molecule has 2 aromatic rings. The number of piperazine rings is 1. The molecule has 2 fully saturated rings. The number of nitrogens with zero attached hydrogens (tertiary/aromatic N) is 7. The van der Waals surface area contributed by atoms with Gasteiger partial charge in [-0.3, -0.25) is 4.99 Å². The molecule has 0 saturated carbocycles. The highest BCUT2D eigenvalue weighted by molar-refractivity contribution is 5.80. The summed E-state index contributed by atoms with van der Waals surface area (Å²) >= 11 is 0. The van der Waals surface area contributed by atoms with Gasteiger partial charge in [-0.25, -0.2) is 15.0 Å². The number of rotatable bonds is 4. The van der Waals surface area contributed by atoms with Crippen LogP contribution < -0.4 is 15.1 Å². The molecule has 9 heteroatoms. The van der Waals surface area contributed by atoms with Crippen molar-refractivity contribution in [2.75, 3.05) is 69.3 Å². The Balaban J connectivity index is 1.27. The molecule has 4 heterocycles. The van der Waals surface area contributed by atoms with Crippen LogP contribution >= 0.6 is 0 Å². The minimum atomic E-state index is 0.699. The van der Waals surface area contributed by atoms with Crippen LogP contribution in [0.5, 0.6) is 0 Å². The number of nitrogens with one attached hydrogen (secondary N) is 1. The molecule has 2 aliphatic heterocycles. The molecule has 154 valence electrons. The quantitative estimate of drug-likeness (QED) is 0.595. The van der Waals surface area contributed by atoms with E-state index in [4.69, 9.17) is 4.74 Å². The molecule has 2 aliphatic rings. The third kappa shape index (κ3) is 4.92. The third-order valence-corrected chi connectivity index (χ3v) is 5.22. The summed E-state index contributed by atoms with van der Waals surface area (Å²) in [4.78, 5) is 24.5. The second-order valence-corrected chi connectivity index (χ2v) is 7.05. The zero-order chi connectivity index (χ0) is 19.9. The van der Waals surface area contributed by atoms with Gasteiger partial charge in [0, 0.05) is 71.5 Å². The Morgan fingerprint density at radius 1 is 1.00 bits per heavy atom. The largest absolute Gasteiger partial charge is 0.378 e. The molecular formula is C20H28N8O. The fourth-order valence-corrected chi connectivity index (χ4v) is 3.59. The topological polar surface area (TPSA) is 82.0 Å². The Hall–Kier alpha value is -2.94. The van der Waals surface area contributed by atoms with E-state index in [1.54, 1.807) is 12.4 Å². The fraction of sp³-hybridized carbons (Fsp3) is 0.500. The van der Waals surface area contributed by atoms with E-state index in [9.17, 15) is 0 Å². The molecule has 4 rings (SSSR count). The summed E-state index contributed by atoms with van der Waals surface area (Å²) < 4.78 is 5.40. The van der Waals surface area contributed by atoms with E-state index in [0.29, 0.717) is 6.54 Å². The summed E-state index contributed by atoms with van der Waals surface area (Å²) in [6, 6.07) is 6.06. The van der Waals surface area contributed by atoms with Crippen molar-refractivity contribution in [1.82, 2.24) is 25.2 Å². The molecule has 1 N–H and O–H groups in total. The molecule has 0 atom stereocenters. The van der Waals surface area contributed by atoms with Gasteiger partial charge >= 0.3 is 0 Å². The minimum absolute atomic E-state index is 0.699. The van der Waals surface area contributed by atoms with Crippen LogP contribution in [0, 0.1) is 0 Å². The second kappa shape index (κ2) is 9.51. The van der Waals surface area contributed by atoms with Crippen molar-refractivity contribution in [3.05, 3.63) is 42.4 Å². The summed E-state index contributed by atoms with van der Waals surface area (Å²) in [6.07, 6.45) is 5.51. The van der Waals surface area contributed by atoms with E-state index in [2.05, 4.69) is 52.1 Å². The highest BCUT2D eigenvalue weighted by Gasteiger charge is 2.21. The Bertz CT molecular complexity index is 784. The smallest absolute Gasteiger partial charge is 0.225 e. The zero-order valence-electron chi connectivity index (χ0n) is 16.9. The van der Waals surface area contributed by atoms with Crippen molar-refractivity contribution in [1.29, 1.82) is 0 Å². The third-order valence-electron chi connectivity index (χ3n) is 5.22. The lowest BCUT2D eigenvalue weighted by Crippen LogP contribution is -2.52. The highest BCUT2D eigenvalue weighted by atomic mass is 16.5. The van der Waals surface area contributed by atoms with Crippen molar-refractivity contribution < 1.29 is 4.74 Å². The van der Waals surface area contributed by atoms with Gasteiger partial charge in [0.05, 0.1) is 13.2 Å². The maximum atomic E-state index is 5.40. The molecule has 29 heavy (non-hydrogen) atoms. The van der Waals surface area contributed by atoms with E-state index >= 15 is 0 Å². The molecule has 0 radical (unpaired) electrons. The van der Waals surface area contributed by atoms with E-state index in [1.807, 2.05) is 19.3 Å². The summed E-state index contributed by atoms with van der Waals surface area (Å²) in [5.41, 5.74) is 1.14. The van der Waals surface area contributed by atoms with Gasteiger partial charge in [-0.1, -0.05) is 6.07 Å². The van der Waals surface area contributed by atoms with Gasteiger partial charge in [-0.05, 0) is 17.7 Å². The van der Waals surface area contributed by atoms with Crippen molar-refractivity contribution in [2.45, 2.75) is 6.54 Å². The lowest BCUT2D eigenvalue weighted by Gasteiger charge is -2.36. The molecule has 2 aromatic heterocycles. The van der Waals surface area contributed by atoms with Crippen LogP contribution in [-0.2, 0) is 11.3 Å². The van der Waals surface area contributed by atoms with Crippen LogP contribution in [0.25, 0.3) is 0 Å². The maximum Gasteiger partial charge on any atom is 0.225 e. The van der Waals surface area contributed by atoms with Crippen molar-refractivity contribution in [2.24, 2.45) is 4.99 Å². The van der Waals surface area contributed by atoms with E-state index in [0.717, 1.165) is 75.8 Å². The monoisotopic (exact) mass is 396 g/mol. The zero-order valence-corrected chi connectivity index (χ0v) is 16.9. The predicted molar refractivity (Wildman–Crippen MR) is 113 cm³/mol. The van der Waals surface area contributed by atoms with Gasteiger partial charge in [0.25, 0.3) is 0 Å². The average molecular weight is 396 g/mol. The number of morpholine rings is 1.